The first kappa shape index (κ1) is 27.2. The summed E-state index contributed by atoms with van der Waals surface area (Å²) < 4.78 is 5.88. The highest BCUT2D eigenvalue weighted by Crippen LogP contribution is 2.22. The molecule has 0 spiro atoms. The number of benzene rings is 3. The molecular formula is C31H37NO4. The molecule has 0 radical (unpaired) electrons. The van der Waals surface area contributed by atoms with Crippen molar-refractivity contribution in [2.75, 3.05) is 13.2 Å². The first-order chi connectivity index (χ1) is 17.6. The molecule has 0 saturated carbocycles. The van der Waals surface area contributed by atoms with E-state index in [-0.39, 0.29) is 12.4 Å². The van der Waals surface area contributed by atoms with Crippen LogP contribution in [0.3, 0.4) is 0 Å². The molecule has 2 atom stereocenters. The first-order valence-electron chi connectivity index (χ1n) is 12.9. The fourth-order valence-electron chi connectivity index (χ4n) is 4.26. The van der Waals surface area contributed by atoms with Gasteiger partial charge in [0.2, 0.25) is 0 Å². The molecule has 3 aromatic carbocycles. The minimum atomic E-state index is -1.04. The van der Waals surface area contributed by atoms with Crippen LogP contribution in [0.5, 0.6) is 5.75 Å². The van der Waals surface area contributed by atoms with Gasteiger partial charge in [-0.05, 0) is 36.2 Å². The monoisotopic (exact) mass is 487 g/mol. The van der Waals surface area contributed by atoms with Crippen molar-refractivity contribution in [1.82, 2.24) is 5.32 Å². The van der Waals surface area contributed by atoms with Crippen LogP contribution < -0.4 is 10.1 Å². The topological polar surface area (TPSA) is 75.6 Å². The molecule has 36 heavy (non-hydrogen) atoms. The number of ether oxygens (including phenoxy) is 1. The maximum absolute atomic E-state index is 13.6. The fraction of sp³-hybridized carbons (Fsp3) is 0.355. The minimum Gasteiger partial charge on any atom is -0.493 e. The van der Waals surface area contributed by atoms with E-state index in [1.807, 2.05) is 60.7 Å². The number of carboxylic acid groups (broad SMARTS) is 1. The molecule has 0 aromatic heterocycles. The van der Waals surface area contributed by atoms with Crippen molar-refractivity contribution >= 4 is 11.8 Å². The van der Waals surface area contributed by atoms with Gasteiger partial charge in [-0.2, -0.15) is 0 Å². The van der Waals surface area contributed by atoms with Gasteiger partial charge in [-0.25, -0.2) is 0 Å². The molecule has 0 saturated heterocycles. The summed E-state index contributed by atoms with van der Waals surface area (Å²) in [6.45, 7) is 2.71. The van der Waals surface area contributed by atoms with Gasteiger partial charge < -0.3 is 15.2 Å². The quantitative estimate of drug-likeness (QED) is 0.175. The third-order valence-corrected chi connectivity index (χ3v) is 6.35. The van der Waals surface area contributed by atoms with E-state index in [4.69, 9.17) is 4.74 Å². The van der Waals surface area contributed by atoms with Crippen molar-refractivity contribution in [3.05, 3.63) is 90.5 Å². The molecule has 0 amide bonds. The number of carbonyl (C=O) groups excluding carboxylic acids is 1. The maximum atomic E-state index is 13.6. The Balaban J connectivity index is 1.73. The van der Waals surface area contributed by atoms with Crippen LogP contribution in [-0.4, -0.2) is 36.1 Å². The smallest absolute Gasteiger partial charge is 0.321 e. The van der Waals surface area contributed by atoms with E-state index in [1.54, 1.807) is 24.3 Å². The molecule has 190 valence electrons. The van der Waals surface area contributed by atoms with Crippen LogP contribution in [0, 0.1) is 5.92 Å². The van der Waals surface area contributed by atoms with E-state index in [2.05, 4.69) is 12.2 Å². The molecule has 0 heterocycles. The summed E-state index contributed by atoms with van der Waals surface area (Å²) in [5, 5.41) is 13.2. The van der Waals surface area contributed by atoms with Gasteiger partial charge in [0, 0.05) is 5.56 Å². The van der Waals surface area contributed by atoms with Crippen molar-refractivity contribution < 1.29 is 19.4 Å². The van der Waals surface area contributed by atoms with E-state index in [1.165, 1.54) is 19.3 Å². The standard InChI is InChI=1S/C31H37NO4/c1-2-3-4-5-6-13-22-32-29(31(34)35)28(23-36-27-16-11-8-12-17-27)30(33)26-20-18-25(19-21-26)24-14-9-7-10-15-24/h7-12,14-21,28-29,32H,2-6,13,22-23H2,1H3,(H,34,35). The number of para-hydroxylation sites is 1. The van der Waals surface area contributed by atoms with E-state index >= 15 is 0 Å². The van der Waals surface area contributed by atoms with Gasteiger partial charge in [0.15, 0.2) is 5.78 Å². The number of rotatable bonds is 16. The van der Waals surface area contributed by atoms with E-state index < -0.39 is 17.9 Å². The molecule has 2 unspecified atom stereocenters. The Hall–Kier alpha value is -3.44. The lowest BCUT2D eigenvalue weighted by atomic mass is 9.90. The summed E-state index contributed by atoms with van der Waals surface area (Å²) in [6, 6.07) is 25.4. The molecule has 0 fully saturated rings. The van der Waals surface area contributed by atoms with E-state index in [0.717, 1.165) is 30.4 Å². The van der Waals surface area contributed by atoms with Crippen LogP contribution in [0.25, 0.3) is 11.1 Å². The summed E-state index contributed by atoms with van der Waals surface area (Å²) >= 11 is 0. The second kappa shape index (κ2) is 14.8. The molecular weight excluding hydrogens is 450 g/mol. The summed E-state index contributed by atoms with van der Waals surface area (Å²) in [4.78, 5) is 25.8. The van der Waals surface area contributed by atoms with Gasteiger partial charge in [-0.15, -0.1) is 0 Å². The molecule has 5 heteroatoms. The van der Waals surface area contributed by atoms with Crippen LogP contribution in [0.1, 0.15) is 55.8 Å². The highest BCUT2D eigenvalue weighted by atomic mass is 16.5. The number of carboxylic acids is 1. The lowest BCUT2D eigenvalue weighted by Gasteiger charge is -2.24. The third kappa shape index (κ3) is 8.35. The van der Waals surface area contributed by atoms with E-state index in [0.29, 0.717) is 17.9 Å². The lowest BCUT2D eigenvalue weighted by molar-refractivity contribution is -0.140. The number of carbonyl (C=O) groups is 2. The Morgan fingerprint density at radius 3 is 2.00 bits per heavy atom. The molecule has 0 aliphatic carbocycles. The highest BCUT2D eigenvalue weighted by Gasteiger charge is 2.34. The number of aliphatic carboxylic acids is 1. The summed E-state index contributed by atoms with van der Waals surface area (Å²) in [6.07, 6.45) is 6.67. The van der Waals surface area contributed by atoms with Crippen molar-refractivity contribution in [2.24, 2.45) is 5.92 Å². The molecule has 0 aliphatic rings. The van der Waals surface area contributed by atoms with Crippen molar-refractivity contribution in [2.45, 2.75) is 51.5 Å². The van der Waals surface area contributed by atoms with Crippen LogP contribution in [0.2, 0.25) is 0 Å². The number of Topliss-reactive ketones (excluding diaryl/α,β-unsaturated/α-hetero) is 1. The van der Waals surface area contributed by atoms with Crippen molar-refractivity contribution in [3.8, 4) is 16.9 Å². The number of hydrogen-bond donors (Lipinski definition) is 2. The van der Waals surface area contributed by atoms with Gasteiger partial charge in [0.1, 0.15) is 18.4 Å². The predicted molar refractivity (Wildman–Crippen MR) is 144 cm³/mol. The number of ketones is 1. The molecule has 3 aromatic rings. The van der Waals surface area contributed by atoms with Gasteiger partial charge >= 0.3 is 5.97 Å². The Bertz CT molecular complexity index is 1050. The second-order valence-electron chi connectivity index (χ2n) is 9.08. The zero-order chi connectivity index (χ0) is 25.6. The molecule has 3 rings (SSSR count). The Kier molecular flexibility index (Phi) is 11.2. The van der Waals surface area contributed by atoms with Crippen molar-refractivity contribution in [3.63, 3.8) is 0 Å². The van der Waals surface area contributed by atoms with Crippen LogP contribution >= 0.6 is 0 Å². The Labute approximate surface area is 214 Å². The largest absolute Gasteiger partial charge is 0.493 e. The van der Waals surface area contributed by atoms with Gasteiger partial charge in [-0.3, -0.25) is 9.59 Å². The lowest BCUT2D eigenvalue weighted by Crippen LogP contribution is -2.48. The van der Waals surface area contributed by atoms with E-state index in [9.17, 15) is 14.7 Å². The fourth-order valence-corrected chi connectivity index (χ4v) is 4.26. The maximum Gasteiger partial charge on any atom is 0.321 e. The summed E-state index contributed by atoms with van der Waals surface area (Å²) in [5.74, 6) is -1.55. The molecule has 0 aliphatic heterocycles. The zero-order valence-electron chi connectivity index (χ0n) is 21.1. The van der Waals surface area contributed by atoms with Gasteiger partial charge in [-0.1, -0.05) is 112 Å². The van der Waals surface area contributed by atoms with Crippen LogP contribution in [0.4, 0.5) is 0 Å². The average molecular weight is 488 g/mol. The Morgan fingerprint density at radius 2 is 1.36 bits per heavy atom. The molecule has 5 nitrogen and oxygen atoms in total. The van der Waals surface area contributed by atoms with Gasteiger partial charge in [0.05, 0.1) is 5.92 Å². The summed E-state index contributed by atoms with van der Waals surface area (Å²) in [7, 11) is 0. The highest BCUT2D eigenvalue weighted by molar-refractivity contribution is 6.01. The number of unbranched alkanes of at least 4 members (excludes halogenated alkanes) is 5. The summed E-state index contributed by atoms with van der Waals surface area (Å²) in [5.41, 5.74) is 2.54. The van der Waals surface area contributed by atoms with Crippen LogP contribution in [-0.2, 0) is 4.79 Å². The Morgan fingerprint density at radius 1 is 0.778 bits per heavy atom. The number of hydrogen-bond acceptors (Lipinski definition) is 4. The normalized spacial score (nSPS) is 12.6. The SMILES string of the molecule is CCCCCCCCNC(C(=O)O)C(COc1ccccc1)C(=O)c1ccc(-c2ccccc2)cc1. The van der Waals surface area contributed by atoms with Crippen LogP contribution in [0.15, 0.2) is 84.9 Å². The van der Waals surface area contributed by atoms with Gasteiger partial charge in [0.25, 0.3) is 0 Å². The molecule has 0 bridgehead atoms. The average Bonchev–Trinajstić information content (AvgIpc) is 2.92. The van der Waals surface area contributed by atoms with Crippen molar-refractivity contribution in [1.29, 1.82) is 0 Å². The molecule has 2 N–H and O–H groups in total. The first-order valence-corrected chi connectivity index (χ1v) is 12.9. The number of nitrogens with one attached hydrogen (secondary N) is 1. The minimum absolute atomic E-state index is 0.0241. The predicted octanol–water partition coefficient (Wildman–Crippen LogP) is 6.63. The zero-order valence-corrected chi connectivity index (χ0v) is 21.1. The third-order valence-electron chi connectivity index (χ3n) is 6.35. The second-order valence-corrected chi connectivity index (χ2v) is 9.08.